The van der Waals surface area contributed by atoms with Gasteiger partial charge in [0.1, 0.15) is 5.56 Å². The lowest BCUT2D eigenvalue weighted by Gasteiger charge is -2.40. The van der Waals surface area contributed by atoms with E-state index in [-0.39, 0.29) is 29.1 Å². The summed E-state index contributed by atoms with van der Waals surface area (Å²) in [6.45, 7) is 11.7. The molecule has 1 aromatic heterocycles. The maximum atomic E-state index is 13.0. The minimum absolute atomic E-state index is 0.0319. The molecular formula is C29H40N2O7. The summed E-state index contributed by atoms with van der Waals surface area (Å²) in [5, 5.41) is 0. The molecule has 9 heteroatoms. The van der Waals surface area contributed by atoms with Crippen molar-refractivity contribution < 1.29 is 28.5 Å². The summed E-state index contributed by atoms with van der Waals surface area (Å²) in [6, 6.07) is 5.43. The van der Waals surface area contributed by atoms with E-state index in [9.17, 15) is 9.59 Å². The summed E-state index contributed by atoms with van der Waals surface area (Å²) in [5.74, 6) is 0.689. The van der Waals surface area contributed by atoms with Crippen molar-refractivity contribution in [3.63, 3.8) is 0 Å². The average molecular weight is 529 g/mol. The lowest BCUT2D eigenvalue weighted by Crippen LogP contribution is -2.37. The minimum atomic E-state index is -0.611. The Balaban J connectivity index is 1.67. The van der Waals surface area contributed by atoms with Gasteiger partial charge in [0.05, 0.1) is 45.8 Å². The van der Waals surface area contributed by atoms with Gasteiger partial charge in [0.25, 0.3) is 0 Å². The largest absolute Gasteiger partial charge is 0.493 e. The first-order valence-corrected chi connectivity index (χ1v) is 13.4. The zero-order chi connectivity index (χ0) is 27.3. The molecule has 208 valence electrons. The van der Waals surface area contributed by atoms with Crippen LogP contribution in [0.2, 0.25) is 0 Å². The number of carbonyl (C=O) groups is 1. The zero-order valence-corrected chi connectivity index (χ0v) is 23.2. The Labute approximate surface area is 224 Å². The Morgan fingerprint density at radius 2 is 1.89 bits per heavy atom. The van der Waals surface area contributed by atoms with Crippen molar-refractivity contribution in [2.24, 2.45) is 5.41 Å². The molecule has 3 heterocycles. The number of methoxy groups -OCH3 is 2. The number of rotatable bonds is 11. The third-order valence-electron chi connectivity index (χ3n) is 7.39. The number of aromatic nitrogens is 1. The number of nitrogens with zero attached hydrogens (tertiary/aromatic N) is 2. The predicted octanol–water partition coefficient (Wildman–Crippen LogP) is 3.57. The number of morpholine rings is 1. The van der Waals surface area contributed by atoms with Gasteiger partial charge in [-0.05, 0) is 37.5 Å². The van der Waals surface area contributed by atoms with Crippen LogP contribution in [0.4, 0.5) is 0 Å². The average Bonchev–Trinajstić information content (AvgIpc) is 2.90. The van der Waals surface area contributed by atoms with E-state index < -0.39 is 5.97 Å². The van der Waals surface area contributed by atoms with Crippen molar-refractivity contribution in [2.45, 2.75) is 39.7 Å². The van der Waals surface area contributed by atoms with Crippen LogP contribution in [0.15, 0.2) is 29.2 Å². The van der Waals surface area contributed by atoms with Crippen molar-refractivity contribution in [3.05, 3.63) is 45.7 Å². The van der Waals surface area contributed by atoms with E-state index in [1.807, 2.05) is 16.7 Å². The highest BCUT2D eigenvalue weighted by Gasteiger charge is 2.37. The maximum Gasteiger partial charge on any atom is 0.343 e. The van der Waals surface area contributed by atoms with Gasteiger partial charge in [-0.1, -0.05) is 13.8 Å². The number of hydrogen-bond acceptors (Lipinski definition) is 8. The van der Waals surface area contributed by atoms with Gasteiger partial charge in [0, 0.05) is 56.0 Å². The number of fused-ring (bicyclic) bond motifs is 3. The molecular weight excluding hydrogens is 488 g/mol. The van der Waals surface area contributed by atoms with Crippen LogP contribution < -0.4 is 14.9 Å². The Morgan fingerprint density at radius 3 is 2.58 bits per heavy atom. The fraction of sp³-hybridized carbons (Fsp3) is 0.586. The van der Waals surface area contributed by atoms with Crippen LogP contribution in [0.5, 0.6) is 11.5 Å². The maximum absolute atomic E-state index is 13.0. The Bertz CT molecular complexity index is 1180. The molecule has 1 atom stereocenters. The van der Waals surface area contributed by atoms with Crippen molar-refractivity contribution in [2.75, 3.05) is 66.9 Å². The molecule has 1 fully saturated rings. The van der Waals surface area contributed by atoms with Gasteiger partial charge in [-0.15, -0.1) is 0 Å². The molecule has 0 N–H and O–H groups in total. The van der Waals surface area contributed by atoms with E-state index in [4.69, 9.17) is 23.7 Å². The molecule has 1 unspecified atom stereocenters. The van der Waals surface area contributed by atoms with Crippen molar-refractivity contribution in [3.8, 4) is 22.8 Å². The molecule has 0 radical (unpaired) electrons. The standard InChI is InChI=1S/C29H40N2O7/c1-6-37-28(33)22-18-31-23(17-24(22)32)21-16-25(35-5)26(38-11-7-8-30-9-12-36-13-10-30)14-20(21)15-27(31)29(2,3)19-34-4/h14,16-18,27H,6-13,15,19H2,1-5H3. The highest BCUT2D eigenvalue weighted by molar-refractivity contribution is 5.89. The summed E-state index contributed by atoms with van der Waals surface area (Å²) in [6.07, 6.45) is 3.22. The molecule has 4 rings (SSSR count). The second-order valence-corrected chi connectivity index (χ2v) is 10.5. The summed E-state index contributed by atoms with van der Waals surface area (Å²) in [5.41, 5.74) is 2.06. The monoisotopic (exact) mass is 528 g/mol. The lowest BCUT2D eigenvalue weighted by atomic mass is 9.77. The predicted molar refractivity (Wildman–Crippen MR) is 144 cm³/mol. The second-order valence-electron chi connectivity index (χ2n) is 10.5. The topological polar surface area (TPSA) is 88.5 Å². The molecule has 1 aromatic carbocycles. The summed E-state index contributed by atoms with van der Waals surface area (Å²) in [7, 11) is 3.30. The molecule has 2 aliphatic rings. The Hall–Kier alpha value is -2.88. The van der Waals surface area contributed by atoms with E-state index in [1.165, 1.54) is 6.07 Å². The van der Waals surface area contributed by atoms with Crippen LogP contribution >= 0.6 is 0 Å². The van der Waals surface area contributed by atoms with Gasteiger partial charge in [-0.2, -0.15) is 0 Å². The molecule has 38 heavy (non-hydrogen) atoms. The molecule has 0 bridgehead atoms. The van der Waals surface area contributed by atoms with Crippen LogP contribution in [-0.4, -0.2) is 82.3 Å². The van der Waals surface area contributed by atoms with Crippen molar-refractivity contribution in [1.82, 2.24) is 9.47 Å². The SMILES string of the molecule is CCOC(=O)c1cn2c(cc1=O)-c1cc(OC)c(OCCCN3CCOCC3)cc1CC2C(C)(C)COC. The van der Waals surface area contributed by atoms with Gasteiger partial charge < -0.3 is 28.3 Å². The third kappa shape index (κ3) is 6.06. The van der Waals surface area contributed by atoms with E-state index >= 15 is 0 Å². The number of esters is 1. The van der Waals surface area contributed by atoms with Gasteiger partial charge in [-0.3, -0.25) is 9.69 Å². The molecule has 0 amide bonds. The first kappa shape index (κ1) is 28.1. The fourth-order valence-electron chi connectivity index (χ4n) is 5.39. The van der Waals surface area contributed by atoms with Gasteiger partial charge in [-0.25, -0.2) is 4.79 Å². The van der Waals surface area contributed by atoms with E-state index in [2.05, 4.69) is 18.7 Å². The van der Waals surface area contributed by atoms with Crippen LogP contribution in [-0.2, 0) is 20.6 Å². The second kappa shape index (κ2) is 12.3. The van der Waals surface area contributed by atoms with E-state index in [1.54, 1.807) is 27.3 Å². The van der Waals surface area contributed by atoms with Crippen LogP contribution in [0.25, 0.3) is 11.3 Å². The van der Waals surface area contributed by atoms with Crippen LogP contribution in [0.1, 0.15) is 49.2 Å². The first-order valence-electron chi connectivity index (χ1n) is 13.4. The molecule has 0 aliphatic carbocycles. The van der Waals surface area contributed by atoms with Crippen LogP contribution in [0, 0.1) is 5.41 Å². The van der Waals surface area contributed by atoms with Gasteiger partial charge >= 0.3 is 5.97 Å². The lowest BCUT2D eigenvalue weighted by molar-refractivity contribution is 0.0357. The summed E-state index contributed by atoms with van der Waals surface area (Å²) >= 11 is 0. The highest BCUT2D eigenvalue weighted by atomic mass is 16.5. The molecule has 0 saturated carbocycles. The van der Waals surface area contributed by atoms with Crippen LogP contribution in [0.3, 0.4) is 0 Å². The Kier molecular flexibility index (Phi) is 9.12. The molecule has 2 aromatic rings. The minimum Gasteiger partial charge on any atom is -0.493 e. The summed E-state index contributed by atoms with van der Waals surface area (Å²) < 4.78 is 30.1. The van der Waals surface area contributed by atoms with E-state index in [0.717, 1.165) is 56.1 Å². The number of benzene rings is 1. The van der Waals surface area contributed by atoms with Crippen molar-refractivity contribution >= 4 is 5.97 Å². The highest BCUT2D eigenvalue weighted by Crippen LogP contribution is 2.46. The number of carbonyl (C=O) groups excluding carboxylic acids is 1. The van der Waals surface area contributed by atoms with Crippen molar-refractivity contribution in [1.29, 1.82) is 0 Å². The third-order valence-corrected chi connectivity index (χ3v) is 7.39. The van der Waals surface area contributed by atoms with E-state index in [0.29, 0.717) is 31.1 Å². The number of hydrogen-bond donors (Lipinski definition) is 0. The summed E-state index contributed by atoms with van der Waals surface area (Å²) in [4.78, 5) is 28.0. The fourth-order valence-corrected chi connectivity index (χ4v) is 5.39. The molecule has 9 nitrogen and oxygen atoms in total. The number of ether oxygens (including phenoxy) is 5. The first-order chi connectivity index (χ1) is 18.3. The Morgan fingerprint density at radius 1 is 1.13 bits per heavy atom. The molecule has 1 saturated heterocycles. The normalized spacial score (nSPS) is 17.4. The van der Waals surface area contributed by atoms with Gasteiger partial charge in [0.15, 0.2) is 16.9 Å². The number of pyridine rings is 1. The smallest absolute Gasteiger partial charge is 0.343 e. The quantitative estimate of drug-likeness (QED) is 0.323. The molecule has 0 spiro atoms. The zero-order valence-electron chi connectivity index (χ0n) is 23.2. The molecule has 2 aliphatic heterocycles. The van der Waals surface area contributed by atoms with Gasteiger partial charge in [0.2, 0.25) is 0 Å².